The average molecular weight is 176 g/mol. The van der Waals surface area contributed by atoms with E-state index in [4.69, 9.17) is 10.2 Å². The molecule has 3 nitrogen and oxygen atoms in total. The minimum Gasteiger partial charge on any atom is -0.394 e. The summed E-state index contributed by atoms with van der Waals surface area (Å²) in [6, 6.07) is 0. The van der Waals surface area contributed by atoms with Crippen molar-refractivity contribution in [2.24, 2.45) is 5.41 Å². The lowest BCUT2D eigenvalue weighted by molar-refractivity contribution is 0.0382. The molecule has 0 aromatic carbocycles. The minimum atomic E-state index is -0.668. The molecule has 0 aliphatic heterocycles. The number of aliphatic hydroxyl groups is 3. The Hall–Kier alpha value is -0.120. The topological polar surface area (TPSA) is 60.7 Å². The average Bonchev–Trinajstić information content (AvgIpc) is 1.83. The lowest BCUT2D eigenvalue weighted by Gasteiger charge is -2.27. The molecule has 0 amide bonds. The molecule has 3 N–H and O–H groups in total. The second kappa shape index (κ2) is 4.80. The van der Waals surface area contributed by atoms with E-state index < -0.39 is 6.10 Å². The Morgan fingerprint density at radius 1 is 1.17 bits per heavy atom. The molecule has 74 valence electrons. The summed E-state index contributed by atoms with van der Waals surface area (Å²) in [4.78, 5) is 0. The summed E-state index contributed by atoms with van der Waals surface area (Å²) in [7, 11) is 0. The summed E-state index contributed by atoms with van der Waals surface area (Å²) < 4.78 is 0. The van der Waals surface area contributed by atoms with Gasteiger partial charge >= 0.3 is 0 Å². The molecule has 0 spiro atoms. The van der Waals surface area contributed by atoms with Crippen molar-refractivity contribution in [1.82, 2.24) is 0 Å². The first kappa shape index (κ1) is 11.9. The van der Waals surface area contributed by atoms with E-state index in [-0.39, 0.29) is 18.1 Å². The number of hydrogen-bond donors (Lipinski definition) is 3. The van der Waals surface area contributed by atoms with Crippen LogP contribution >= 0.6 is 0 Å². The predicted octanol–water partition coefficient (Wildman–Crippen LogP) is 0.527. The minimum absolute atomic E-state index is 0.115. The molecular formula is C9H20O3. The molecule has 0 bridgehead atoms. The lowest BCUT2D eigenvalue weighted by Crippen LogP contribution is -2.26. The van der Waals surface area contributed by atoms with Gasteiger partial charge in [-0.05, 0) is 25.2 Å². The van der Waals surface area contributed by atoms with E-state index in [0.29, 0.717) is 12.8 Å². The highest BCUT2D eigenvalue weighted by Crippen LogP contribution is 2.28. The van der Waals surface area contributed by atoms with Gasteiger partial charge in [-0.2, -0.15) is 0 Å². The van der Waals surface area contributed by atoms with Crippen LogP contribution in [0.1, 0.15) is 33.6 Å². The Labute approximate surface area is 74.0 Å². The van der Waals surface area contributed by atoms with Crippen LogP contribution in [0.25, 0.3) is 0 Å². The Balaban J connectivity index is 3.85. The van der Waals surface area contributed by atoms with E-state index in [1.165, 1.54) is 0 Å². The van der Waals surface area contributed by atoms with Gasteiger partial charge in [0.05, 0.1) is 18.8 Å². The summed E-state index contributed by atoms with van der Waals surface area (Å²) in [5, 5.41) is 26.9. The number of aliphatic hydroxyl groups excluding tert-OH is 3. The summed E-state index contributed by atoms with van der Waals surface area (Å²) >= 11 is 0. The van der Waals surface area contributed by atoms with E-state index in [1.807, 2.05) is 13.8 Å². The van der Waals surface area contributed by atoms with Crippen molar-refractivity contribution in [3.8, 4) is 0 Å². The smallest absolute Gasteiger partial charge is 0.0776 e. The monoisotopic (exact) mass is 176 g/mol. The highest BCUT2D eigenvalue weighted by molar-refractivity contribution is 4.74. The van der Waals surface area contributed by atoms with Gasteiger partial charge in [0.25, 0.3) is 0 Å². The first-order valence-corrected chi connectivity index (χ1v) is 4.34. The Kier molecular flexibility index (Phi) is 4.75. The molecule has 0 heterocycles. The SMILES string of the molecule is CC(O)CC(C)(C)CC(O)CO. The van der Waals surface area contributed by atoms with E-state index in [2.05, 4.69) is 0 Å². The van der Waals surface area contributed by atoms with Gasteiger partial charge in [-0.1, -0.05) is 13.8 Å². The maximum atomic E-state index is 9.17. The third kappa shape index (κ3) is 5.52. The molecule has 2 unspecified atom stereocenters. The van der Waals surface area contributed by atoms with Gasteiger partial charge in [0.15, 0.2) is 0 Å². The van der Waals surface area contributed by atoms with Crippen LogP contribution in [0.4, 0.5) is 0 Å². The normalized spacial score (nSPS) is 17.5. The second-order valence-corrected chi connectivity index (χ2v) is 4.26. The molecule has 0 radical (unpaired) electrons. The number of hydrogen-bond acceptors (Lipinski definition) is 3. The molecule has 0 saturated heterocycles. The van der Waals surface area contributed by atoms with Crippen LogP contribution in [-0.4, -0.2) is 34.1 Å². The van der Waals surface area contributed by atoms with Crippen LogP contribution in [-0.2, 0) is 0 Å². The Bertz CT molecular complexity index is 121. The van der Waals surface area contributed by atoms with Crippen LogP contribution in [0.2, 0.25) is 0 Å². The van der Waals surface area contributed by atoms with Gasteiger partial charge in [-0.3, -0.25) is 0 Å². The standard InChI is InChI=1S/C9H20O3/c1-7(11)4-9(2,3)5-8(12)6-10/h7-8,10-12H,4-6H2,1-3H3. The van der Waals surface area contributed by atoms with Crippen LogP contribution in [0.15, 0.2) is 0 Å². The molecule has 12 heavy (non-hydrogen) atoms. The van der Waals surface area contributed by atoms with Crippen molar-refractivity contribution in [2.75, 3.05) is 6.61 Å². The Morgan fingerprint density at radius 3 is 2.00 bits per heavy atom. The Morgan fingerprint density at radius 2 is 1.67 bits per heavy atom. The first-order valence-electron chi connectivity index (χ1n) is 4.34. The van der Waals surface area contributed by atoms with Gasteiger partial charge in [-0.25, -0.2) is 0 Å². The van der Waals surface area contributed by atoms with Crippen molar-refractivity contribution in [2.45, 2.75) is 45.8 Å². The maximum absolute atomic E-state index is 9.17. The van der Waals surface area contributed by atoms with E-state index in [0.717, 1.165) is 0 Å². The molecule has 0 aromatic rings. The van der Waals surface area contributed by atoms with Crippen molar-refractivity contribution in [1.29, 1.82) is 0 Å². The van der Waals surface area contributed by atoms with Crippen molar-refractivity contribution < 1.29 is 15.3 Å². The maximum Gasteiger partial charge on any atom is 0.0776 e. The second-order valence-electron chi connectivity index (χ2n) is 4.26. The van der Waals surface area contributed by atoms with Gasteiger partial charge in [-0.15, -0.1) is 0 Å². The zero-order valence-electron chi connectivity index (χ0n) is 8.12. The van der Waals surface area contributed by atoms with Gasteiger partial charge in [0.2, 0.25) is 0 Å². The third-order valence-corrected chi connectivity index (χ3v) is 1.85. The summed E-state index contributed by atoms with van der Waals surface area (Å²) in [6.45, 7) is 5.47. The van der Waals surface area contributed by atoms with E-state index >= 15 is 0 Å². The molecule has 2 atom stereocenters. The fourth-order valence-electron chi connectivity index (χ4n) is 1.59. The van der Waals surface area contributed by atoms with Gasteiger partial charge in [0.1, 0.15) is 0 Å². The first-order chi connectivity index (χ1) is 5.37. The zero-order valence-corrected chi connectivity index (χ0v) is 8.12. The highest BCUT2D eigenvalue weighted by atomic mass is 16.3. The van der Waals surface area contributed by atoms with Gasteiger partial charge < -0.3 is 15.3 Å². The van der Waals surface area contributed by atoms with Crippen molar-refractivity contribution in [3.05, 3.63) is 0 Å². The lowest BCUT2D eigenvalue weighted by atomic mass is 9.82. The highest BCUT2D eigenvalue weighted by Gasteiger charge is 2.23. The van der Waals surface area contributed by atoms with E-state index in [1.54, 1.807) is 6.92 Å². The van der Waals surface area contributed by atoms with Crippen molar-refractivity contribution in [3.63, 3.8) is 0 Å². The molecule has 0 fully saturated rings. The molecule has 0 aliphatic rings. The van der Waals surface area contributed by atoms with Gasteiger partial charge in [0, 0.05) is 0 Å². The van der Waals surface area contributed by atoms with E-state index in [9.17, 15) is 5.11 Å². The number of rotatable bonds is 5. The molecular weight excluding hydrogens is 156 g/mol. The quantitative estimate of drug-likeness (QED) is 0.572. The van der Waals surface area contributed by atoms with Crippen LogP contribution < -0.4 is 0 Å². The largest absolute Gasteiger partial charge is 0.394 e. The van der Waals surface area contributed by atoms with Crippen LogP contribution in [0.3, 0.4) is 0 Å². The molecule has 3 heteroatoms. The molecule has 0 aromatic heterocycles. The fourth-order valence-corrected chi connectivity index (χ4v) is 1.59. The molecule has 0 saturated carbocycles. The molecule has 0 rings (SSSR count). The van der Waals surface area contributed by atoms with Crippen LogP contribution in [0, 0.1) is 5.41 Å². The summed E-state index contributed by atoms with van der Waals surface area (Å²) in [5.74, 6) is 0. The summed E-state index contributed by atoms with van der Waals surface area (Å²) in [6.07, 6.45) is 0.142. The molecule has 0 aliphatic carbocycles. The third-order valence-electron chi connectivity index (χ3n) is 1.85. The predicted molar refractivity (Wildman–Crippen MR) is 47.8 cm³/mol. The summed E-state index contributed by atoms with van der Waals surface area (Å²) in [5.41, 5.74) is -0.115. The van der Waals surface area contributed by atoms with Crippen molar-refractivity contribution >= 4 is 0 Å². The zero-order chi connectivity index (χ0) is 9.78. The fraction of sp³-hybridized carbons (Fsp3) is 1.00. The van der Waals surface area contributed by atoms with Crippen LogP contribution in [0.5, 0.6) is 0 Å².